The van der Waals surface area contributed by atoms with Crippen molar-refractivity contribution in [2.24, 2.45) is 5.10 Å². The van der Waals surface area contributed by atoms with Crippen molar-refractivity contribution in [3.05, 3.63) is 62.3 Å². The molecule has 1 heterocycles. The SMILES string of the molecule is O=C(NN=Cc1ccsc1)c1ccc([N+](=O)[O-])cc1. The van der Waals surface area contributed by atoms with Gasteiger partial charge in [-0.2, -0.15) is 16.4 Å². The van der Waals surface area contributed by atoms with Crippen LogP contribution in [0.1, 0.15) is 15.9 Å². The van der Waals surface area contributed by atoms with Crippen LogP contribution in [0.25, 0.3) is 0 Å². The number of benzene rings is 1. The van der Waals surface area contributed by atoms with Crippen LogP contribution in [0.5, 0.6) is 0 Å². The van der Waals surface area contributed by atoms with E-state index in [2.05, 4.69) is 10.5 Å². The van der Waals surface area contributed by atoms with Crippen molar-refractivity contribution in [3.63, 3.8) is 0 Å². The van der Waals surface area contributed by atoms with Crippen molar-refractivity contribution in [2.45, 2.75) is 0 Å². The first-order valence-corrected chi connectivity index (χ1v) is 6.21. The van der Waals surface area contributed by atoms with Gasteiger partial charge in [-0.1, -0.05) is 0 Å². The number of rotatable bonds is 4. The quantitative estimate of drug-likeness (QED) is 0.528. The summed E-state index contributed by atoms with van der Waals surface area (Å²) in [5, 5.41) is 18.1. The third-order valence-corrected chi connectivity index (χ3v) is 2.96. The maximum absolute atomic E-state index is 11.7. The van der Waals surface area contributed by atoms with E-state index in [0.717, 1.165) is 5.56 Å². The first kappa shape index (κ1) is 12.9. The number of carbonyl (C=O) groups is 1. The average Bonchev–Trinajstić information content (AvgIpc) is 2.92. The van der Waals surface area contributed by atoms with Crippen molar-refractivity contribution in [1.29, 1.82) is 0 Å². The molecule has 0 saturated carbocycles. The smallest absolute Gasteiger partial charge is 0.267 e. The molecular formula is C12H9N3O3S. The highest BCUT2D eigenvalue weighted by molar-refractivity contribution is 7.08. The first-order valence-electron chi connectivity index (χ1n) is 5.27. The maximum atomic E-state index is 11.7. The largest absolute Gasteiger partial charge is 0.271 e. The fraction of sp³-hybridized carbons (Fsp3) is 0. The Balaban J connectivity index is 1.98. The summed E-state index contributed by atoms with van der Waals surface area (Å²) >= 11 is 1.53. The minimum absolute atomic E-state index is 0.0571. The summed E-state index contributed by atoms with van der Waals surface area (Å²) in [6, 6.07) is 7.18. The zero-order valence-electron chi connectivity index (χ0n) is 9.65. The highest BCUT2D eigenvalue weighted by atomic mass is 32.1. The summed E-state index contributed by atoms with van der Waals surface area (Å²) in [4.78, 5) is 21.6. The van der Waals surface area contributed by atoms with E-state index in [-0.39, 0.29) is 5.69 Å². The number of carbonyl (C=O) groups excluding carboxylic acids is 1. The van der Waals surface area contributed by atoms with Crippen LogP contribution < -0.4 is 5.43 Å². The van der Waals surface area contributed by atoms with E-state index >= 15 is 0 Å². The zero-order chi connectivity index (χ0) is 13.7. The third kappa shape index (κ3) is 3.46. The van der Waals surface area contributed by atoms with Gasteiger partial charge in [-0.3, -0.25) is 14.9 Å². The van der Waals surface area contributed by atoms with E-state index in [0.29, 0.717) is 5.56 Å². The van der Waals surface area contributed by atoms with E-state index in [1.54, 1.807) is 0 Å². The predicted molar refractivity (Wildman–Crippen MR) is 72.5 cm³/mol. The number of thiophene rings is 1. The molecule has 0 bridgehead atoms. The highest BCUT2D eigenvalue weighted by Gasteiger charge is 2.08. The monoisotopic (exact) mass is 275 g/mol. The number of nitrogens with one attached hydrogen (secondary N) is 1. The first-order chi connectivity index (χ1) is 9.16. The molecule has 96 valence electrons. The van der Waals surface area contributed by atoms with Crippen LogP contribution in [-0.2, 0) is 0 Å². The third-order valence-electron chi connectivity index (χ3n) is 2.26. The number of amides is 1. The summed E-state index contributed by atoms with van der Waals surface area (Å²) < 4.78 is 0. The van der Waals surface area contributed by atoms with Gasteiger partial charge in [0.25, 0.3) is 11.6 Å². The summed E-state index contributed by atoms with van der Waals surface area (Å²) in [7, 11) is 0. The Kier molecular flexibility index (Phi) is 3.99. The van der Waals surface area contributed by atoms with Crippen LogP contribution in [0.2, 0.25) is 0 Å². The normalized spacial score (nSPS) is 10.5. The molecule has 1 aromatic carbocycles. The summed E-state index contributed by atoms with van der Waals surface area (Å²) in [6.07, 6.45) is 1.53. The topological polar surface area (TPSA) is 84.6 Å². The summed E-state index contributed by atoms with van der Waals surface area (Å²) in [5.74, 6) is -0.415. The van der Waals surface area contributed by atoms with Gasteiger partial charge in [0, 0.05) is 23.3 Å². The van der Waals surface area contributed by atoms with Gasteiger partial charge in [0.1, 0.15) is 0 Å². The van der Waals surface area contributed by atoms with Crippen LogP contribution in [0.4, 0.5) is 5.69 Å². The minimum Gasteiger partial charge on any atom is -0.267 e. The van der Waals surface area contributed by atoms with Crippen molar-refractivity contribution in [1.82, 2.24) is 5.43 Å². The summed E-state index contributed by atoms with van der Waals surface area (Å²) in [5.41, 5.74) is 3.50. The number of hydrogen-bond acceptors (Lipinski definition) is 5. The molecule has 0 atom stereocenters. The minimum atomic E-state index is -0.517. The number of hydrazone groups is 1. The Morgan fingerprint density at radius 2 is 2.05 bits per heavy atom. The van der Waals surface area contributed by atoms with Gasteiger partial charge < -0.3 is 0 Å². The molecule has 2 rings (SSSR count). The number of non-ortho nitro benzene ring substituents is 1. The second-order valence-corrected chi connectivity index (χ2v) is 4.34. The fourth-order valence-electron chi connectivity index (χ4n) is 1.31. The van der Waals surface area contributed by atoms with Gasteiger partial charge in [0.2, 0.25) is 0 Å². The molecule has 19 heavy (non-hydrogen) atoms. The molecule has 0 saturated heterocycles. The van der Waals surface area contributed by atoms with Crippen LogP contribution in [-0.4, -0.2) is 17.0 Å². The van der Waals surface area contributed by atoms with Crippen LogP contribution >= 0.6 is 11.3 Å². The van der Waals surface area contributed by atoms with E-state index < -0.39 is 10.8 Å². The van der Waals surface area contributed by atoms with Crippen LogP contribution in [0.3, 0.4) is 0 Å². The lowest BCUT2D eigenvalue weighted by Gasteiger charge is -1.98. The van der Waals surface area contributed by atoms with Gasteiger partial charge in [0.15, 0.2) is 0 Å². The molecule has 7 heteroatoms. The molecule has 0 fully saturated rings. The molecular weight excluding hydrogens is 266 g/mol. The van der Waals surface area contributed by atoms with Crippen molar-refractivity contribution in [3.8, 4) is 0 Å². The van der Waals surface area contributed by atoms with Crippen molar-refractivity contribution < 1.29 is 9.72 Å². The Morgan fingerprint density at radius 3 is 2.63 bits per heavy atom. The van der Waals surface area contributed by atoms with Gasteiger partial charge in [0.05, 0.1) is 11.1 Å². The number of hydrogen-bond donors (Lipinski definition) is 1. The molecule has 1 amide bonds. The van der Waals surface area contributed by atoms with Gasteiger partial charge >= 0.3 is 0 Å². The standard InChI is InChI=1S/C12H9N3O3S/c16-12(14-13-7-9-5-6-19-8-9)10-1-3-11(4-2-10)15(17)18/h1-8H,(H,14,16). The molecule has 0 spiro atoms. The number of nitrogens with zero attached hydrogens (tertiary/aromatic N) is 2. The van der Waals surface area contributed by atoms with Crippen LogP contribution in [0.15, 0.2) is 46.2 Å². The van der Waals surface area contributed by atoms with Gasteiger partial charge in [-0.15, -0.1) is 0 Å². The second-order valence-electron chi connectivity index (χ2n) is 3.56. The van der Waals surface area contributed by atoms with Crippen molar-refractivity contribution >= 4 is 29.1 Å². The molecule has 1 N–H and O–H groups in total. The van der Waals surface area contributed by atoms with Gasteiger partial charge in [-0.25, -0.2) is 5.43 Å². The fourth-order valence-corrected chi connectivity index (χ4v) is 1.92. The molecule has 0 radical (unpaired) electrons. The molecule has 2 aromatic rings. The highest BCUT2D eigenvalue weighted by Crippen LogP contribution is 2.11. The van der Waals surface area contributed by atoms with Crippen LogP contribution in [0, 0.1) is 10.1 Å². The lowest BCUT2D eigenvalue weighted by atomic mass is 10.2. The van der Waals surface area contributed by atoms with E-state index in [1.165, 1.54) is 41.8 Å². The Labute approximate surface area is 112 Å². The number of nitro groups is 1. The zero-order valence-corrected chi connectivity index (χ0v) is 10.5. The number of nitro benzene ring substituents is 1. The van der Waals surface area contributed by atoms with Gasteiger partial charge in [-0.05, 0) is 29.0 Å². The lowest BCUT2D eigenvalue weighted by Crippen LogP contribution is -2.17. The Hall–Kier alpha value is -2.54. The molecule has 0 aliphatic carbocycles. The molecule has 1 aromatic heterocycles. The predicted octanol–water partition coefficient (Wildman–Crippen LogP) is 2.42. The maximum Gasteiger partial charge on any atom is 0.271 e. The molecule has 6 nitrogen and oxygen atoms in total. The lowest BCUT2D eigenvalue weighted by molar-refractivity contribution is -0.384. The van der Waals surface area contributed by atoms with E-state index in [1.807, 2.05) is 16.8 Å². The molecule has 0 aliphatic rings. The summed E-state index contributed by atoms with van der Waals surface area (Å²) in [6.45, 7) is 0. The molecule has 0 unspecified atom stereocenters. The average molecular weight is 275 g/mol. The van der Waals surface area contributed by atoms with Crippen molar-refractivity contribution in [2.75, 3.05) is 0 Å². The second kappa shape index (κ2) is 5.87. The van der Waals surface area contributed by atoms with E-state index in [9.17, 15) is 14.9 Å². The molecule has 0 aliphatic heterocycles. The van der Waals surface area contributed by atoms with E-state index in [4.69, 9.17) is 0 Å². The Morgan fingerprint density at radius 1 is 1.32 bits per heavy atom. The Bertz CT molecular complexity index is 606.